The number of nitrogens with one attached hydrogen (secondary N) is 1. The molecule has 0 heterocycles. The van der Waals surface area contributed by atoms with Gasteiger partial charge in [0.25, 0.3) is 0 Å². The quantitative estimate of drug-likeness (QED) is 0.603. The number of rotatable bonds is 5. The van der Waals surface area contributed by atoms with Gasteiger partial charge in [-0.2, -0.15) is 0 Å². The summed E-state index contributed by atoms with van der Waals surface area (Å²) in [6, 6.07) is 0. The van der Waals surface area contributed by atoms with Gasteiger partial charge in [-0.15, -0.1) is 0 Å². The monoisotopic (exact) mass is 253 g/mol. The molecule has 102 valence electrons. The molecule has 0 aromatic heterocycles. The normalized spacial score (nSPS) is 17.1. The van der Waals surface area contributed by atoms with E-state index in [4.69, 9.17) is 4.74 Å². The number of carbonyl (C=O) groups excluding carboxylic acids is 2. The van der Waals surface area contributed by atoms with Crippen LogP contribution in [0.5, 0.6) is 0 Å². The Morgan fingerprint density at radius 3 is 2.50 bits per heavy atom. The van der Waals surface area contributed by atoms with Crippen LogP contribution in [0.15, 0.2) is 12.2 Å². The van der Waals surface area contributed by atoms with E-state index in [9.17, 15) is 9.59 Å². The molecule has 0 aromatic carbocycles. The summed E-state index contributed by atoms with van der Waals surface area (Å²) >= 11 is 0. The van der Waals surface area contributed by atoms with Crippen molar-refractivity contribution in [3.8, 4) is 0 Å². The van der Waals surface area contributed by atoms with E-state index in [-0.39, 0.29) is 12.0 Å². The second kappa shape index (κ2) is 7.90. The zero-order valence-electron chi connectivity index (χ0n) is 11.3. The maximum atomic E-state index is 11.5. The second-order valence-corrected chi connectivity index (χ2v) is 5.17. The molecule has 0 unspecified atom stereocenters. The van der Waals surface area contributed by atoms with E-state index < -0.39 is 5.97 Å². The molecule has 1 N–H and O–H groups in total. The van der Waals surface area contributed by atoms with Gasteiger partial charge in [0.15, 0.2) is 0 Å². The highest BCUT2D eigenvalue weighted by Gasteiger charge is 2.16. The van der Waals surface area contributed by atoms with Crippen molar-refractivity contribution < 1.29 is 14.3 Å². The Morgan fingerprint density at radius 2 is 1.89 bits per heavy atom. The summed E-state index contributed by atoms with van der Waals surface area (Å²) in [6.07, 6.45) is 7.85. The van der Waals surface area contributed by atoms with Crippen LogP contribution >= 0.6 is 0 Å². The third kappa shape index (κ3) is 6.42. The number of hydrogen-bond donors (Lipinski definition) is 1. The number of amides is 1. The zero-order valence-corrected chi connectivity index (χ0v) is 11.3. The van der Waals surface area contributed by atoms with Crippen LogP contribution in [-0.2, 0) is 14.3 Å². The van der Waals surface area contributed by atoms with Crippen LogP contribution in [0.25, 0.3) is 0 Å². The molecule has 0 spiro atoms. The predicted molar refractivity (Wildman–Crippen MR) is 70.0 cm³/mol. The zero-order chi connectivity index (χ0) is 13.4. The van der Waals surface area contributed by atoms with Gasteiger partial charge in [-0.3, -0.25) is 4.79 Å². The Bertz CT molecular complexity index is 304. The van der Waals surface area contributed by atoms with Crippen LogP contribution in [0, 0.1) is 5.92 Å². The Hall–Kier alpha value is -1.32. The van der Waals surface area contributed by atoms with Gasteiger partial charge in [0.2, 0.25) is 5.91 Å². The lowest BCUT2D eigenvalue weighted by Crippen LogP contribution is -2.26. The van der Waals surface area contributed by atoms with Crippen LogP contribution in [0.2, 0.25) is 0 Å². The molecule has 0 aromatic rings. The maximum absolute atomic E-state index is 11.5. The van der Waals surface area contributed by atoms with E-state index in [1.807, 2.05) is 13.8 Å². The second-order valence-electron chi connectivity index (χ2n) is 5.17. The summed E-state index contributed by atoms with van der Waals surface area (Å²) in [4.78, 5) is 22.8. The molecular weight excluding hydrogens is 230 g/mol. The molecule has 0 aliphatic heterocycles. The molecule has 0 saturated heterocycles. The smallest absolute Gasteiger partial charge is 0.331 e. The minimum atomic E-state index is -0.415. The van der Waals surface area contributed by atoms with Gasteiger partial charge in [0, 0.05) is 18.7 Å². The molecule has 4 heteroatoms. The van der Waals surface area contributed by atoms with Gasteiger partial charge in [0.1, 0.15) is 6.10 Å². The van der Waals surface area contributed by atoms with Crippen molar-refractivity contribution in [3.05, 3.63) is 12.2 Å². The first-order chi connectivity index (χ1) is 8.58. The molecule has 0 atom stereocenters. The Balaban J connectivity index is 2.23. The van der Waals surface area contributed by atoms with E-state index in [0.29, 0.717) is 12.5 Å². The van der Waals surface area contributed by atoms with Crippen molar-refractivity contribution in [2.45, 2.75) is 52.1 Å². The number of hydrogen-bond acceptors (Lipinski definition) is 3. The molecule has 1 rings (SSSR count). The summed E-state index contributed by atoms with van der Waals surface area (Å²) in [5, 5.41) is 2.71. The van der Waals surface area contributed by atoms with E-state index >= 15 is 0 Å². The van der Waals surface area contributed by atoms with Crippen molar-refractivity contribution in [3.63, 3.8) is 0 Å². The van der Waals surface area contributed by atoms with E-state index in [1.165, 1.54) is 18.6 Å². The molecular formula is C14H23NO3. The number of carbonyl (C=O) groups is 2. The highest BCUT2D eigenvalue weighted by atomic mass is 16.5. The fraction of sp³-hybridized carbons (Fsp3) is 0.714. The summed E-state index contributed by atoms with van der Waals surface area (Å²) in [6.45, 7) is 4.64. The summed E-state index contributed by atoms with van der Waals surface area (Å²) in [7, 11) is 0. The Morgan fingerprint density at radius 1 is 1.22 bits per heavy atom. The van der Waals surface area contributed by atoms with E-state index in [2.05, 4.69) is 5.32 Å². The Kier molecular flexibility index (Phi) is 6.47. The third-order valence-electron chi connectivity index (χ3n) is 2.89. The standard InChI is InChI=1S/C14H23NO3/c1-11(2)10-15-13(16)8-9-14(17)18-12-6-4-3-5-7-12/h8-9,11-12H,3-7,10H2,1-2H3,(H,15,16). The average Bonchev–Trinajstić information content (AvgIpc) is 2.35. The van der Waals surface area contributed by atoms with E-state index in [0.717, 1.165) is 25.7 Å². The lowest BCUT2D eigenvalue weighted by molar-refractivity contribution is -0.144. The molecule has 1 fully saturated rings. The number of ether oxygens (including phenoxy) is 1. The first-order valence-electron chi connectivity index (χ1n) is 6.74. The van der Waals surface area contributed by atoms with Gasteiger partial charge in [0.05, 0.1) is 0 Å². The first kappa shape index (κ1) is 14.7. The largest absolute Gasteiger partial charge is 0.459 e. The van der Waals surface area contributed by atoms with Gasteiger partial charge >= 0.3 is 5.97 Å². The molecule has 1 aliphatic carbocycles. The number of esters is 1. The third-order valence-corrected chi connectivity index (χ3v) is 2.89. The topological polar surface area (TPSA) is 55.4 Å². The maximum Gasteiger partial charge on any atom is 0.331 e. The van der Waals surface area contributed by atoms with Gasteiger partial charge in [-0.05, 0) is 31.6 Å². The van der Waals surface area contributed by atoms with Crippen molar-refractivity contribution in [1.82, 2.24) is 5.32 Å². The van der Waals surface area contributed by atoms with Crippen LogP contribution in [-0.4, -0.2) is 24.5 Å². The van der Waals surface area contributed by atoms with Crippen molar-refractivity contribution in [1.29, 1.82) is 0 Å². The average molecular weight is 253 g/mol. The van der Waals surface area contributed by atoms with Gasteiger partial charge in [-0.25, -0.2) is 4.79 Å². The lowest BCUT2D eigenvalue weighted by Gasteiger charge is -2.20. The predicted octanol–water partition coefficient (Wildman–Crippen LogP) is 2.19. The molecule has 1 saturated carbocycles. The van der Waals surface area contributed by atoms with Crippen molar-refractivity contribution in [2.75, 3.05) is 6.54 Å². The summed E-state index contributed by atoms with van der Waals surface area (Å²) in [5.74, 6) is -0.262. The minimum absolute atomic E-state index is 0.0367. The fourth-order valence-electron chi connectivity index (χ4n) is 1.89. The minimum Gasteiger partial charge on any atom is -0.459 e. The van der Waals surface area contributed by atoms with Crippen LogP contribution in [0.4, 0.5) is 0 Å². The fourth-order valence-corrected chi connectivity index (χ4v) is 1.89. The highest BCUT2D eigenvalue weighted by molar-refractivity contribution is 5.94. The molecule has 4 nitrogen and oxygen atoms in total. The molecule has 1 amide bonds. The first-order valence-corrected chi connectivity index (χ1v) is 6.74. The van der Waals surface area contributed by atoms with E-state index in [1.54, 1.807) is 0 Å². The lowest BCUT2D eigenvalue weighted by atomic mass is 9.98. The summed E-state index contributed by atoms with van der Waals surface area (Å²) < 4.78 is 5.26. The molecule has 1 aliphatic rings. The van der Waals surface area contributed by atoms with Gasteiger partial charge < -0.3 is 10.1 Å². The van der Waals surface area contributed by atoms with Crippen LogP contribution in [0.1, 0.15) is 46.0 Å². The van der Waals surface area contributed by atoms with Crippen LogP contribution in [0.3, 0.4) is 0 Å². The van der Waals surface area contributed by atoms with Crippen molar-refractivity contribution in [2.24, 2.45) is 5.92 Å². The highest BCUT2D eigenvalue weighted by Crippen LogP contribution is 2.20. The molecule has 0 bridgehead atoms. The molecule has 18 heavy (non-hydrogen) atoms. The van der Waals surface area contributed by atoms with Crippen LogP contribution < -0.4 is 5.32 Å². The SMILES string of the molecule is CC(C)CNC(=O)C=CC(=O)OC1CCCCC1. The Labute approximate surface area is 109 Å². The van der Waals surface area contributed by atoms with Crippen molar-refractivity contribution >= 4 is 11.9 Å². The van der Waals surface area contributed by atoms with Gasteiger partial charge in [-0.1, -0.05) is 20.3 Å². The summed E-state index contributed by atoms with van der Waals surface area (Å²) in [5.41, 5.74) is 0. The molecule has 0 radical (unpaired) electrons.